The molecule has 0 amide bonds. The molecule has 0 bridgehead atoms. The molecular formula is C16H24N2O. The second kappa shape index (κ2) is 7.28. The summed E-state index contributed by atoms with van der Waals surface area (Å²) in [5, 5.41) is 19.0. The monoisotopic (exact) mass is 260 g/mol. The van der Waals surface area contributed by atoms with Crippen molar-refractivity contribution in [1.29, 1.82) is 5.26 Å². The lowest BCUT2D eigenvalue weighted by Crippen LogP contribution is -2.33. The first kappa shape index (κ1) is 15.7. The molecule has 3 nitrogen and oxygen atoms in total. The van der Waals surface area contributed by atoms with Crippen molar-refractivity contribution in [2.45, 2.75) is 39.3 Å². The largest absolute Gasteiger partial charge is 0.387 e. The first-order valence-corrected chi connectivity index (χ1v) is 6.82. The lowest BCUT2D eigenvalue weighted by atomic mass is 10.0. The molecule has 2 unspecified atom stereocenters. The van der Waals surface area contributed by atoms with E-state index in [-0.39, 0.29) is 0 Å². The van der Waals surface area contributed by atoms with Crippen LogP contribution >= 0.6 is 0 Å². The summed E-state index contributed by atoms with van der Waals surface area (Å²) in [6.45, 7) is 7.22. The summed E-state index contributed by atoms with van der Waals surface area (Å²) in [5.74, 6) is 0.657. The molecule has 0 aliphatic rings. The molecule has 1 rings (SSSR count). The van der Waals surface area contributed by atoms with Crippen LogP contribution in [0, 0.1) is 17.2 Å². The van der Waals surface area contributed by atoms with E-state index in [1.165, 1.54) is 0 Å². The standard InChI is InChI=1S/C16H24N2O/c1-12(2)9-13(3)18(4)11-16(19)15-7-5-14(10-17)6-8-15/h5-8,12-13,16,19H,9,11H2,1-4H3. The summed E-state index contributed by atoms with van der Waals surface area (Å²) >= 11 is 0. The number of likely N-dealkylation sites (N-methyl/N-ethyl adjacent to an activating group) is 1. The van der Waals surface area contributed by atoms with Crippen LogP contribution in [0.5, 0.6) is 0 Å². The second-order valence-electron chi connectivity index (χ2n) is 5.67. The number of benzene rings is 1. The van der Waals surface area contributed by atoms with Gasteiger partial charge in [-0.1, -0.05) is 26.0 Å². The van der Waals surface area contributed by atoms with Crippen LogP contribution in [-0.4, -0.2) is 29.6 Å². The quantitative estimate of drug-likeness (QED) is 0.855. The predicted molar refractivity (Wildman–Crippen MR) is 77.7 cm³/mol. The summed E-state index contributed by atoms with van der Waals surface area (Å²) in [7, 11) is 2.04. The minimum atomic E-state index is -0.507. The van der Waals surface area contributed by atoms with E-state index in [1.54, 1.807) is 12.1 Å². The molecule has 2 atom stereocenters. The second-order valence-corrected chi connectivity index (χ2v) is 5.67. The Bertz CT molecular complexity index is 419. The van der Waals surface area contributed by atoms with Crippen LogP contribution in [0.3, 0.4) is 0 Å². The maximum absolute atomic E-state index is 10.2. The topological polar surface area (TPSA) is 47.3 Å². The fourth-order valence-electron chi connectivity index (χ4n) is 2.20. The Morgan fingerprint density at radius 1 is 1.21 bits per heavy atom. The predicted octanol–water partition coefficient (Wildman–Crippen LogP) is 2.96. The minimum absolute atomic E-state index is 0.452. The zero-order chi connectivity index (χ0) is 14.4. The van der Waals surface area contributed by atoms with Gasteiger partial charge in [0, 0.05) is 12.6 Å². The van der Waals surface area contributed by atoms with Gasteiger partial charge in [-0.2, -0.15) is 5.26 Å². The first-order chi connectivity index (χ1) is 8.93. The van der Waals surface area contributed by atoms with E-state index < -0.39 is 6.10 Å². The third kappa shape index (κ3) is 5.02. The van der Waals surface area contributed by atoms with Crippen molar-refractivity contribution < 1.29 is 5.11 Å². The van der Waals surface area contributed by atoms with Crippen molar-refractivity contribution >= 4 is 0 Å². The molecule has 1 aromatic carbocycles. The smallest absolute Gasteiger partial charge is 0.0991 e. The summed E-state index contributed by atoms with van der Waals surface area (Å²) < 4.78 is 0. The summed E-state index contributed by atoms with van der Waals surface area (Å²) in [6.07, 6.45) is 0.615. The van der Waals surface area contributed by atoms with E-state index in [1.807, 2.05) is 19.2 Å². The lowest BCUT2D eigenvalue weighted by molar-refractivity contribution is 0.102. The van der Waals surface area contributed by atoms with Gasteiger partial charge in [0.1, 0.15) is 0 Å². The molecule has 0 saturated carbocycles. The molecule has 0 heterocycles. The third-order valence-electron chi connectivity index (χ3n) is 3.45. The molecule has 3 heteroatoms. The van der Waals surface area contributed by atoms with Crippen molar-refractivity contribution in [3.05, 3.63) is 35.4 Å². The molecular weight excluding hydrogens is 236 g/mol. The van der Waals surface area contributed by atoms with Crippen LogP contribution in [0.25, 0.3) is 0 Å². The Hall–Kier alpha value is -1.37. The van der Waals surface area contributed by atoms with Crippen LogP contribution in [0.1, 0.15) is 44.4 Å². The number of nitriles is 1. The Morgan fingerprint density at radius 2 is 1.79 bits per heavy atom. The van der Waals surface area contributed by atoms with Gasteiger partial charge >= 0.3 is 0 Å². The lowest BCUT2D eigenvalue weighted by Gasteiger charge is -2.28. The van der Waals surface area contributed by atoms with Crippen molar-refractivity contribution in [1.82, 2.24) is 4.90 Å². The molecule has 0 aromatic heterocycles. The Balaban J connectivity index is 2.58. The fraction of sp³-hybridized carbons (Fsp3) is 0.562. The highest BCUT2D eigenvalue weighted by molar-refractivity contribution is 5.32. The molecule has 0 aliphatic heterocycles. The average Bonchev–Trinajstić information content (AvgIpc) is 2.37. The third-order valence-corrected chi connectivity index (χ3v) is 3.45. The van der Waals surface area contributed by atoms with Crippen LogP contribution in [0.2, 0.25) is 0 Å². The van der Waals surface area contributed by atoms with Gasteiger partial charge in [-0.3, -0.25) is 0 Å². The van der Waals surface area contributed by atoms with Gasteiger partial charge in [0.2, 0.25) is 0 Å². The van der Waals surface area contributed by atoms with Gasteiger partial charge in [-0.25, -0.2) is 0 Å². The summed E-state index contributed by atoms with van der Waals surface area (Å²) in [6, 6.07) is 9.67. The number of nitrogens with zero attached hydrogens (tertiary/aromatic N) is 2. The van der Waals surface area contributed by atoms with Gasteiger partial charge in [-0.15, -0.1) is 0 Å². The summed E-state index contributed by atoms with van der Waals surface area (Å²) in [5.41, 5.74) is 1.49. The Kier molecular flexibility index (Phi) is 6.01. The number of hydrogen-bond donors (Lipinski definition) is 1. The molecule has 0 fully saturated rings. The van der Waals surface area contributed by atoms with Crippen molar-refractivity contribution in [3.8, 4) is 6.07 Å². The fourth-order valence-corrected chi connectivity index (χ4v) is 2.20. The highest BCUT2D eigenvalue weighted by Crippen LogP contribution is 2.17. The number of aliphatic hydroxyl groups excluding tert-OH is 1. The van der Waals surface area contributed by atoms with Crippen LogP contribution in [0.4, 0.5) is 0 Å². The average molecular weight is 260 g/mol. The van der Waals surface area contributed by atoms with E-state index in [2.05, 4.69) is 31.7 Å². The van der Waals surface area contributed by atoms with Gasteiger partial charge < -0.3 is 10.0 Å². The van der Waals surface area contributed by atoms with Crippen LogP contribution in [0.15, 0.2) is 24.3 Å². The highest BCUT2D eigenvalue weighted by atomic mass is 16.3. The van der Waals surface area contributed by atoms with Gasteiger partial charge in [0.25, 0.3) is 0 Å². The maximum Gasteiger partial charge on any atom is 0.0991 e. The van der Waals surface area contributed by atoms with Gasteiger partial charge in [-0.05, 0) is 44.0 Å². The van der Waals surface area contributed by atoms with Crippen LogP contribution in [-0.2, 0) is 0 Å². The van der Waals surface area contributed by atoms with E-state index in [0.29, 0.717) is 24.1 Å². The van der Waals surface area contributed by atoms with Crippen molar-refractivity contribution in [2.24, 2.45) is 5.92 Å². The zero-order valence-corrected chi connectivity index (χ0v) is 12.3. The van der Waals surface area contributed by atoms with Gasteiger partial charge in [0.05, 0.1) is 17.7 Å². The van der Waals surface area contributed by atoms with E-state index >= 15 is 0 Å². The normalized spacial score (nSPS) is 14.4. The summed E-state index contributed by atoms with van der Waals surface area (Å²) in [4.78, 5) is 2.18. The SMILES string of the molecule is CC(C)CC(C)N(C)CC(O)c1ccc(C#N)cc1. The minimum Gasteiger partial charge on any atom is -0.387 e. The maximum atomic E-state index is 10.2. The van der Waals surface area contributed by atoms with Crippen LogP contribution < -0.4 is 0 Å². The number of aliphatic hydroxyl groups is 1. The zero-order valence-electron chi connectivity index (χ0n) is 12.3. The molecule has 0 spiro atoms. The molecule has 1 aromatic rings. The number of rotatable bonds is 6. The Labute approximate surface area is 116 Å². The molecule has 0 radical (unpaired) electrons. The van der Waals surface area contributed by atoms with E-state index in [9.17, 15) is 5.11 Å². The molecule has 19 heavy (non-hydrogen) atoms. The van der Waals surface area contributed by atoms with Crippen molar-refractivity contribution in [3.63, 3.8) is 0 Å². The molecule has 1 N–H and O–H groups in total. The first-order valence-electron chi connectivity index (χ1n) is 6.82. The van der Waals surface area contributed by atoms with Crippen molar-refractivity contribution in [2.75, 3.05) is 13.6 Å². The van der Waals surface area contributed by atoms with E-state index in [0.717, 1.165) is 12.0 Å². The highest BCUT2D eigenvalue weighted by Gasteiger charge is 2.16. The molecule has 104 valence electrons. The Morgan fingerprint density at radius 3 is 2.26 bits per heavy atom. The van der Waals surface area contributed by atoms with E-state index in [4.69, 9.17) is 5.26 Å². The number of hydrogen-bond acceptors (Lipinski definition) is 3. The van der Waals surface area contributed by atoms with Gasteiger partial charge in [0.15, 0.2) is 0 Å². The molecule has 0 saturated heterocycles. The molecule has 0 aliphatic carbocycles.